The van der Waals surface area contributed by atoms with E-state index in [1.54, 1.807) is 12.1 Å². The van der Waals surface area contributed by atoms with Gasteiger partial charge in [-0.25, -0.2) is 9.59 Å². The summed E-state index contributed by atoms with van der Waals surface area (Å²) < 4.78 is 11.0. The second-order valence-electron chi connectivity index (χ2n) is 7.59. The van der Waals surface area contributed by atoms with E-state index >= 15 is 0 Å². The Bertz CT molecular complexity index is 559. The number of carbonyl (C=O) groups excluding carboxylic acids is 2. The van der Waals surface area contributed by atoms with Gasteiger partial charge in [0.25, 0.3) is 0 Å². The molecule has 1 saturated carbocycles. The fourth-order valence-electron chi connectivity index (χ4n) is 3.09. The number of rotatable bonds is 5. The molecule has 2 rings (SSSR count). The first-order valence-corrected chi connectivity index (χ1v) is 9.08. The standard InChI is InChI=1S/C20H29NO4/c1-20(2,3)25-19(23)21-14-17(15-10-6-4-7-11-15)24-18(22)16-12-8-5-9-13-16/h5,8-9,12-13,15,17H,4,6-7,10-11,14H2,1-3H3,(H,21,23)/t17-/m0/s1. The zero-order valence-corrected chi connectivity index (χ0v) is 15.4. The average Bonchev–Trinajstić information content (AvgIpc) is 2.58. The first kappa shape index (κ1) is 19.3. The van der Waals surface area contributed by atoms with Crippen molar-refractivity contribution in [1.82, 2.24) is 5.32 Å². The molecule has 1 aromatic carbocycles. The van der Waals surface area contributed by atoms with Crippen LogP contribution in [-0.4, -0.2) is 30.3 Å². The maximum absolute atomic E-state index is 12.4. The molecule has 0 saturated heterocycles. The minimum atomic E-state index is -0.550. The summed E-state index contributed by atoms with van der Waals surface area (Å²) in [6.07, 6.45) is 4.71. The number of nitrogens with one attached hydrogen (secondary N) is 1. The van der Waals surface area contributed by atoms with E-state index in [0.29, 0.717) is 5.56 Å². The van der Waals surface area contributed by atoms with Crippen molar-refractivity contribution in [2.24, 2.45) is 5.92 Å². The minimum Gasteiger partial charge on any atom is -0.457 e. The SMILES string of the molecule is CC(C)(C)OC(=O)NC[C@H](OC(=O)c1ccccc1)C1CCCCC1. The van der Waals surface area contributed by atoms with Crippen LogP contribution >= 0.6 is 0 Å². The van der Waals surface area contributed by atoms with Crippen LogP contribution in [0.3, 0.4) is 0 Å². The van der Waals surface area contributed by atoms with Crippen LogP contribution in [0.15, 0.2) is 30.3 Å². The lowest BCUT2D eigenvalue weighted by molar-refractivity contribution is 0.00480. The number of esters is 1. The molecule has 1 atom stereocenters. The summed E-state index contributed by atoms with van der Waals surface area (Å²) in [7, 11) is 0. The van der Waals surface area contributed by atoms with Crippen molar-refractivity contribution in [1.29, 1.82) is 0 Å². The van der Waals surface area contributed by atoms with Crippen LogP contribution in [0.2, 0.25) is 0 Å². The highest BCUT2D eigenvalue weighted by Gasteiger charge is 2.28. The van der Waals surface area contributed by atoms with E-state index in [2.05, 4.69) is 5.32 Å². The van der Waals surface area contributed by atoms with Gasteiger partial charge in [-0.15, -0.1) is 0 Å². The van der Waals surface area contributed by atoms with Gasteiger partial charge >= 0.3 is 12.1 Å². The maximum Gasteiger partial charge on any atom is 0.407 e. The summed E-state index contributed by atoms with van der Waals surface area (Å²) in [5, 5.41) is 2.76. The molecule has 0 heterocycles. The lowest BCUT2D eigenvalue weighted by Gasteiger charge is -2.30. The van der Waals surface area contributed by atoms with Gasteiger partial charge in [0.15, 0.2) is 0 Å². The topological polar surface area (TPSA) is 64.6 Å². The first-order chi connectivity index (χ1) is 11.8. The molecule has 1 N–H and O–H groups in total. The molecular weight excluding hydrogens is 318 g/mol. The third-order valence-electron chi connectivity index (χ3n) is 4.29. The molecular formula is C20H29NO4. The van der Waals surface area contributed by atoms with Gasteiger partial charge in [-0.1, -0.05) is 37.5 Å². The Balaban J connectivity index is 1.97. The predicted molar refractivity (Wildman–Crippen MR) is 96.5 cm³/mol. The molecule has 138 valence electrons. The molecule has 0 bridgehead atoms. The molecule has 5 heteroatoms. The van der Waals surface area contributed by atoms with E-state index in [4.69, 9.17) is 9.47 Å². The number of alkyl carbamates (subject to hydrolysis) is 1. The fourth-order valence-corrected chi connectivity index (χ4v) is 3.09. The highest BCUT2D eigenvalue weighted by molar-refractivity contribution is 5.89. The quantitative estimate of drug-likeness (QED) is 0.806. The predicted octanol–water partition coefficient (Wildman–Crippen LogP) is 4.32. The number of hydrogen-bond acceptors (Lipinski definition) is 4. The van der Waals surface area contributed by atoms with Crippen molar-refractivity contribution >= 4 is 12.1 Å². The van der Waals surface area contributed by atoms with Crippen molar-refractivity contribution in [3.05, 3.63) is 35.9 Å². The second kappa shape index (κ2) is 8.88. The number of ether oxygens (including phenoxy) is 2. The van der Waals surface area contributed by atoms with Gasteiger partial charge in [-0.05, 0) is 51.7 Å². The van der Waals surface area contributed by atoms with Gasteiger partial charge in [0, 0.05) is 0 Å². The highest BCUT2D eigenvalue weighted by atomic mass is 16.6. The first-order valence-electron chi connectivity index (χ1n) is 9.08. The molecule has 1 aliphatic rings. The summed E-state index contributed by atoms with van der Waals surface area (Å²) in [5.41, 5.74) is -0.0222. The molecule has 5 nitrogen and oxygen atoms in total. The Morgan fingerprint density at radius 1 is 1.12 bits per heavy atom. The zero-order valence-electron chi connectivity index (χ0n) is 15.4. The van der Waals surface area contributed by atoms with Crippen LogP contribution in [0.25, 0.3) is 0 Å². The van der Waals surface area contributed by atoms with Crippen molar-refractivity contribution in [3.63, 3.8) is 0 Å². The molecule has 1 fully saturated rings. The Morgan fingerprint density at radius 2 is 1.76 bits per heavy atom. The summed E-state index contributed by atoms with van der Waals surface area (Å²) in [4.78, 5) is 24.3. The van der Waals surface area contributed by atoms with E-state index in [9.17, 15) is 9.59 Å². The van der Waals surface area contributed by atoms with Gasteiger partial charge in [-0.2, -0.15) is 0 Å². The normalized spacial score (nSPS) is 16.8. The number of benzene rings is 1. The number of amides is 1. The van der Waals surface area contributed by atoms with Crippen LogP contribution in [0.5, 0.6) is 0 Å². The van der Waals surface area contributed by atoms with Crippen LogP contribution in [0.4, 0.5) is 4.79 Å². The third kappa shape index (κ3) is 6.77. The number of hydrogen-bond donors (Lipinski definition) is 1. The molecule has 0 aromatic heterocycles. The van der Waals surface area contributed by atoms with Gasteiger partial charge in [0.05, 0.1) is 12.1 Å². The molecule has 25 heavy (non-hydrogen) atoms. The van der Waals surface area contributed by atoms with E-state index < -0.39 is 11.7 Å². The Hall–Kier alpha value is -2.04. The van der Waals surface area contributed by atoms with Gasteiger partial charge < -0.3 is 14.8 Å². The molecule has 0 spiro atoms. The Morgan fingerprint density at radius 3 is 2.36 bits per heavy atom. The van der Waals surface area contributed by atoms with E-state index in [1.807, 2.05) is 39.0 Å². The molecule has 1 aromatic rings. The molecule has 0 aliphatic heterocycles. The maximum atomic E-state index is 12.4. The van der Waals surface area contributed by atoms with Crippen LogP contribution in [0.1, 0.15) is 63.2 Å². The van der Waals surface area contributed by atoms with E-state index in [-0.39, 0.29) is 24.5 Å². The van der Waals surface area contributed by atoms with E-state index in [1.165, 1.54) is 6.42 Å². The van der Waals surface area contributed by atoms with Crippen molar-refractivity contribution in [3.8, 4) is 0 Å². The fraction of sp³-hybridized carbons (Fsp3) is 0.600. The summed E-state index contributed by atoms with van der Waals surface area (Å²) in [6.45, 7) is 5.74. The summed E-state index contributed by atoms with van der Waals surface area (Å²) in [5.74, 6) is -0.0708. The highest BCUT2D eigenvalue weighted by Crippen LogP contribution is 2.28. The largest absolute Gasteiger partial charge is 0.457 e. The lowest BCUT2D eigenvalue weighted by atomic mass is 9.85. The summed E-state index contributed by atoms with van der Waals surface area (Å²) >= 11 is 0. The number of carbonyl (C=O) groups is 2. The van der Waals surface area contributed by atoms with Crippen molar-refractivity contribution in [2.45, 2.75) is 64.6 Å². The third-order valence-corrected chi connectivity index (χ3v) is 4.29. The van der Waals surface area contributed by atoms with Crippen LogP contribution < -0.4 is 5.32 Å². The molecule has 0 radical (unpaired) electrons. The molecule has 1 amide bonds. The smallest absolute Gasteiger partial charge is 0.407 e. The summed E-state index contributed by atoms with van der Waals surface area (Å²) in [6, 6.07) is 8.96. The average molecular weight is 347 g/mol. The Kier molecular flexibility index (Phi) is 6.85. The van der Waals surface area contributed by atoms with Crippen molar-refractivity contribution < 1.29 is 19.1 Å². The lowest BCUT2D eigenvalue weighted by Crippen LogP contribution is -2.42. The zero-order chi connectivity index (χ0) is 18.3. The minimum absolute atomic E-state index is 0.274. The van der Waals surface area contributed by atoms with Crippen LogP contribution in [-0.2, 0) is 9.47 Å². The van der Waals surface area contributed by atoms with Crippen LogP contribution in [0, 0.1) is 5.92 Å². The van der Waals surface area contributed by atoms with Gasteiger partial charge in [-0.3, -0.25) is 0 Å². The second-order valence-corrected chi connectivity index (χ2v) is 7.59. The van der Waals surface area contributed by atoms with Crippen molar-refractivity contribution in [2.75, 3.05) is 6.54 Å². The Labute approximate surface area is 150 Å². The molecule has 1 aliphatic carbocycles. The van der Waals surface area contributed by atoms with Gasteiger partial charge in [0.1, 0.15) is 11.7 Å². The monoisotopic (exact) mass is 347 g/mol. The van der Waals surface area contributed by atoms with Gasteiger partial charge in [0.2, 0.25) is 0 Å². The molecule has 0 unspecified atom stereocenters. The van der Waals surface area contributed by atoms with E-state index in [0.717, 1.165) is 25.7 Å².